The molecular formula is C17H23NO5. The topological polar surface area (TPSA) is 49.4 Å². The molecule has 3 aliphatic rings. The molecule has 3 fully saturated rings. The van der Waals surface area contributed by atoms with E-state index < -0.39 is 17.9 Å². The number of hydrogen-bond acceptors (Lipinski definition) is 6. The lowest BCUT2D eigenvalue weighted by Crippen LogP contribution is -2.43. The van der Waals surface area contributed by atoms with Crippen LogP contribution in [0.5, 0.6) is 0 Å². The van der Waals surface area contributed by atoms with Crippen LogP contribution in [0.15, 0.2) is 30.3 Å². The van der Waals surface area contributed by atoms with E-state index in [1.807, 2.05) is 37.1 Å². The molecule has 1 spiro atoms. The van der Waals surface area contributed by atoms with Gasteiger partial charge in [-0.15, -0.1) is 0 Å². The summed E-state index contributed by atoms with van der Waals surface area (Å²) >= 11 is 0. The van der Waals surface area contributed by atoms with Gasteiger partial charge in [0.1, 0.15) is 12.2 Å². The Bertz CT molecular complexity index is 565. The molecule has 0 amide bonds. The van der Waals surface area contributed by atoms with E-state index in [0.717, 1.165) is 13.0 Å². The summed E-state index contributed by atoms with van der Waals surface area (Å²) in [6.07, 6.45) is -0.311. The lowest BCUT2D eigenvalue weighted by molar-refractivity contribution is -0.355. The minimum atomic E-state index is -0.826. The van der Waals surface area contributed by atoms with Crippen LogP contribution >= 0.6 is 0 Å². The Kier molecular flexibility index (Phi) is 3.72. The summed E-state index contributed by atoms with van der Waals surface area (Å²) in [4.78, 5) is 6.18. The quantitative estimate of drug-likeness (QED) is 0.849. The fraction of sp³-hybridized carbons (Fsp3) is 0.647. The van der Waals surface area contributed by atoms with Gasteiger partial charge in [0, 0.05) is 26.6 Å². The second-order valence-corrected chi connectivity index (χ2v) is 6.74. The molecule has 0 saturated carbocycles. The van der Waals surface area contributed by atoms with Crippen molar-refractivity contribution in [2.45, 2.75) is 56.9 Å². The SMILES string of the molecule is CO[C@@H]1O[C@@]2(CCN(Cc3ccccc3)O2)[C@H]2OC(C)(C)O[C@@H]12. The molecule has 4 rings (SSSR count). The summed E-state index contributed by atoms with van der Waals surface area (Å²) in [5.41, 5.74) is 1.20. The smallest absolute Gasteiger partial charge is 0.220 e. The number of hydroxylamine groups is 2. The van der Waals surface area contributed by atoms with E-state index in [-0.39, 0.29) is 12.2 Å². The summed E-state index contributed by atoms with van der Waals surface area (Å²) in [6.45, 7) is 5.30. The van der Waals surface area contributed by atoms with Crippen molar-refractivity contribution in [2.24, 2.45) is 0 Å². The summed E-state index contributed by atoms with van der Waals surface area (Å²) in [7, 11) is 1.62. The highest BCUT2D eigenvalue weighted by Gasteiger charge is 2.66. The maximum atomic E-state index is 6.18. The van der Waals surface area contributed by atoms with Gasteiger partial charge < -0.3 is 18.9 Å². The fourth-order valence-corrected chi connectivity index (χ4v) is 3.60. The molecule has 3 saturated heterocycles. The molecule has 3 aliphatic heterocycles. The van der Waals surface area contributed by atoms with E-state index in [1.165, 1.54) is 5.56 Å². The number of ether oxygens (including phenoxy) is 4. The zero-order valence-corrected chi connectivity index (χ0v) is 13.7. The minimum Gasteiger partial charge on any atom is -0.353 e. The molecule has 0 unspecified atom stereocenters. The van der Waals surface area contributed by atoms with E-state index >= 15 is 0 Å². The monoisotopic (exact) mass is 321 g/mol. The molecule has 6 nitrogen and oxygen atoms in total. The summed E-state index contributed by atoms with van der Waals surface area (Å²) in [6, 6.07) is 10.2. The van der Waals surface area contributed by atoms with Crippen LogP contribution in [-0.4, -0.2) is 48.8 Å². The highest BCUT2D eigenvalue weighted by molar-refractivity contribution is 5.14. The maximum absolute atomic E-state index is 6.18. The van der Waals surface area contributed by atoms with Crippen molar-refractivity contribution in [3.05, 3.63) is 35.9 Å². The summed E-state index contributed by atoms with van der Waals surface area (Å²) < 4.78 is 23.5. The molecule has 0 bridgehead atoms. The van der Waals surface area contributed by atoms with Crippen LogP contribution in [0.3, 0.4) is 0 Å². The van der Waals surface area contributed by atoms with Gasteiger partial charge in [0.25, 0.3) is 0 Å². The predicted octanol–water partition coefficient (Wildman–Crippen LogP) is 2.04. The first-order valence-corrected chi connectivity index (χ1v) is 8.06. The van der Waals surface area contributed by atoms with Crippen molar-refractivity contribution in [3.63, 3.8) is 0 Å². The first-order chi connectivity index (χ1) is 11.0. The molecule has 1 aromatic rings. The third-order valence-corrected chi connectivity index (χ3v) is 4.57. The zero-order chi connectivity index (χ0) is 16.1. The second kappa shape index (κ2) is 5.51. The van der Waals surface area contributed by atoms with Crippen molar-refractivity contribution >= 4 is 0 Å². The van der Waals surface area contributed by atoms with E-state index in [9.17, 15) is 0 Å². The first-order valence-electron chi connectivity index (χ1n) is 8.06. The highest BCUT2D eigenvalue weighted by Crippen LogP contribution is 2.48. The summed E-state index contributed by atoms with van der Waals surface area (Å²) in [5, 5.41) is 1.93. The van der Waals surface area contributed by atoms with E-state index in [4.69, 9.17) is 23.8 Å². The van der Waals surface area contributed by atoms with Crippen LogP contribution in [0, 0.1) is 0 Å². The molecule has 3 heterocycles. The van der Waals surface area contributed by atoms with Gasteiger partial charge in [0.15, 0.2) is 12.1 Å². The zero-order valence-electron chi connectivity index (χ0n) is 13.7. The average molecular weight is 321 g/mol. The van der Waals surface area contributed by atoms with Crippen molar-refractivity contribution in [2.75, 3.05) is 13.7 Å². The van der Waals surface area contributed by atoms with Gasteiger partial charge >= 0.3 is 0 Å². The molecular weight excluding hydrogens is 298 g/mol. The number of rotatable bonds is 3. The molecule has 0 N–H and O–H groups in total. The lowest BCUT2D eigenvalue weighted by atomic mass is 10.1. The molecule has 0 aliphatic carbocycles. The third kappa shape index (κ3) is 2.69. The summed E-state index contributed by atoms with van der Waals surface area (Å²) in [5.74, 6) is -1.48. The van der Waals surface area contributed by atoms with Gasteiger partial charge in [-0.1, -0.05) is 30.3 Å². The van der Waals surface area contributed by atoms with Crippen molar-refractivity contribution < 1.29 is 23.8 Å². The van der Waals surface area contributed by atoms with Gasteiger partial charge in [0.2, 0.25) is 5.79 Å². The van der Waals surface area contributed by atoms with Crippen LogP contribution in [0.1, 0.15) is 25.8 Å². The molecule has 6 heteroatoms. The van der Waals surface area contributed by atoms with Crippen molar-refractivity contribution in [3.8, 4) is 0 Å². The standard InChI is InChI=1S/C17H23NO5/c1-16(2)20-13-14(21-16)17(22-15(13)19-3)9-10-18(23-17)11-12-7-5-4-6-8-12/h4-8,13-15H,9-11H2,1-3H3/t13-,14+,15-,17-/m1/s1. The van der Waals surface area contributed by atoms with Gasteiger partial charge in [-0.05, 0) is 19.4 Å². The Hall–Kier alpha value is -1.02. The Morgan fingerprint density at radius 1 is 1.17 bits per heavy atom. The van der Waals surface area contributed by atoms with Crippen molar-refractivity contribution in [1.29, 1.82) is 0 Å². The number of benzene rings is 1. The Morgan fingerprint density at radius 2 is 1.96 bits per heavy atom. The van der Waals surface area contributed by atoms with E-state index in [1.54, 1.807) is 7.11 Å². The van der Waals surface area contributed by atoms with Crippen LogP contribution in [0.2, 0.25) is 0 Å². The van der Waals surface area contributed by atoms with Crippen LogP contribution in [0.25, 0.3) is 0 Å². The van der Waals surface area contributed by atoms with Gasteiger partial charge in [-0.25, -0.2) is 0 Å². The second-order valence-electron chi connectivity index (χ2n) is 6.74. The Labute approximate surface area is 136 Å². The maximum Gasteiger partial charge on any atom is 0.220 e. The van der Waals surface area contributed by atoms with Crippen LogP contribution in [0.4, 0.5) is 0 Å². The van der Waals surface area contributed by atoms with Crippen LogP contribution < -0.4 is 0 Å². The fourth-order valence-electron chi connectivity index (χ4n) is 3.60. The lowest BCUT2D eigenvalue weighted by Gasteiger charge is -2.30. The molecule has 23 heavy (non-hydrogen) atoms. The molecule has 4 atom stereocenters. The number of methoxy groups -OCH3 is 1. The van der Waals surface area contributed by atoms with Crippen LogP contribution in [-0.2, 0) is 30.3 Å². The van der Waals surface area contributed by atoms with E-state index in [2.05, 4.69) is 12.1 Å². The number of fused-ring (bicyclic) bond motifs is 2. The first kappa shape index (κ1) is 15.5. The highest BCUT2D eigenvalue weighted by atomic mass is 16.9. The van der Waals surface area contributed by atoms with Gasteiger partial charge in [-0.3, -0.25) is 4.84 Å². The Morgan fingerprint density at radius 3 is 2.70 bits per heavy atom. The molecule has 1 aromatic carbocycles. The number of nitrogens with zero attached hydrogens (tertiary/aromatic N) is 1. The van der Waals surface area contributed by atoms with Crippen molar-refractivity contribution in [1.82, 2.24) is 5.06 Å². The predicted molar refractivity (Wildman–Crippen MR) is 81.0 cm³/mol. The van der Waals surface area contributed by atoms with E-state index in [0.29, 0.717) is 6.54 Å². The largest absolute Gasteiger partial charge is 0.353 e. The normalized spacial score (nSPS) is 39.2. The molecule has 0 radical (unpaired) electrons. The third-order valence-electron chi connectivity index (χ3n) is 4.57. The Balaban J connectivity index is 1.51. The molecule has 0 aromatic heterocycles. The number of hydrogen-bond donors (Lipinski definition) is 0. The molecule has 126 valence electrons. The average Bonchev–Trinajstić information content (AvgIpc) is 3.15. The van der Waals surface area contributed by atoms with Gasteiger partial charge in [-0.2, -0.15) is 5.06 Å². The minimum absolute atomic E-state index is 0.272. The van der Waals surface area contributed by atoms with Gasteiger partial charge in [0.05, 0.1) is 0 Å².